The standard InChI is InChI=1S/C50H91NO13/c1-3-5-7-9-11-13-14-15-16-17-18-19-20-21-22-23-24-26-27-29-31-33-39(54)38(51-42(55)34-32-30-28-25-12-10-8-6-4-2)37-61-49-47(60)45(58)48(41(36-53)63-49)64-50-46(59)44(57)43(56)40(35-52)62-50/h20-21,24,26,31,33,38-41,43-50,52-54,56-60H,3-19,22-23,25,27-30,32,34-37H2,1-2H3,(H,51,55)/b21-20+,26-24+,33-31+. The smallest absolute Gasteiger partial charge is 0.220 e. The van der Waals surface area contributed by atoms with Gasteiger partial charge in [0.1, 0.15) is 48.8 Å². The lowest BCUT2D eigenvalue weighted by Crippen LogP contribution is -2.65. The zero-order valence-corrected chi connectivity index (χ0v) is 39.5. The number of hydrogen-bond acceptors (Lipinski definition) is 13. The van der Waals surface area contributed by atoms with Crippen LogP contribution in [0.3, 0.4) is 0 Å². The van der Waals surface area contributed by atoms with Crippen LogP contribution in [0.25, 0.3) is 0 Å². The van der Waals surface area contributed by atoms with Gasteiger partial charge in [-0.1, -0.05) is 166 Å². The summed E-state index contributed by atoms with van der Waals surface area (Å²) in [5, 5.41) is 86.5. The van der Waals surface area contributed by atoms with Crippen LogP contribution >= 0.6 is 0 Å². The van der Waals surface area contributed by atoms with Gasteiger partial charge in [0.2, 0.25) is 5.91 Å². The molecule has 12 atom stereocenters. The summed E-state index contributed by atoms with van der Waals surface area (Å²) in [6.45, 7) is 2.72. The zero-order valence-electron chi connectivity index (χ0n) is 39.5. The summed E-state index contributed by atoms with van der Waals surface area (Å²) in [6.07, 6.45) is 24.9. The summed E-state index contributed by atoms with van der Waals surface area (Å²) in [5.74, 6) is -0.258. The molecular formula is C50H91NO13. The van der Waals surface area contributed by atoms with E-state index in [1.807, 2.05) is 6.08 Å². The van der Waals surface area contributed by atoms with Crippen LogP contribution in [0.4, 0.5) is 0 Å². The largest absolute Gasteiger partial charge is 0.394 e. The number of aliphatic hydroxyl groups excluding tert-OH is 8. The van der Waals surface area contributed by atoms with E-state index < -0.39 is 86.8 Å². The second-order valence-corrected chi connectivity index (χ2v) is 17.9. The number of carbonyl (C=O) groups is 1. The lowest BCUT2D eigenvalue weighted by atomic mass is 9.97. The summed E-state index contributed by atoms with van der Waals surface area (Å²) < 4.78 is 22.6. The fourth-order valence-electron chi connectivity index (χ4n) is 8.14. The van der Waals surface area contributed by atoms with Crippen LogP contribution in [-0.2, 0) is 23.7 Å². The number of rotatable bonds is 38. The third kappa shape index (κ3) is 24.3. The van der Waals surface area contributed by atoms with Crippen LogP contribution in [0.2, 0.25) is 0 Å². The van der Waals surface area contributed by atoms with Gasteiger partial charge in [0.15, 0.2) is 12.6 Å². The van der Waals surface area contributed by atoms with E-state index in [0.717, 1.165) is 44.9 Å². The molecule has 0 saturated carbocycles. The van der Waals surface area contributed by atoms with Gasteiger partial charge in [-0.2, -0.15) is 0 Å². The first-order chi connectivity index (χ1) is 31.1. The molecule has 2 fully saturated rings. The Morgan fingerprint density at radius 1 is 0.547 bits per heavy atom. The van der Waals surface area contributed by atoms with Crippen LogP contribution < -0.4 is 5.32 Å². The van der Waals surface area contributed by atoms with Crippen LogP contribution in [-0.4, -0.2) is 140 Å². The highest BCUT2D eigenvalue weighted by molar-refractivity contribution is 5.76. The molecule has 12 unspecified atom stereocenters. The van der Waals surface area contributed by atoms with Crippen molar-refractivity contribution in [2.75, 3.05) is 19.8 Å². The Labute approximate surface area is 385 Å². The number of aliphatic hydroxyl groups is 8. The molecule has 14 nitrogen and oxygen atoms in total. The van der Waals surface area contributed by atoms with Gasteiger partial charge in [-0.05, 0) is 44.9 Å². The Hall–Kier alpha value is -1.79. The lowest BCUT2D eigenvalue weighted by Gasteiger charge is -2.46. The van der Waals surface area contributed by atoms with Gasteiger partial charge >= 0.3 is 0 Å². The van der Waals surface area contributed by atoms with E-state index in [9.17, 15) is 45.6 Å². The Morgan fingerprint density at radius 3 is 1.53 bits per heavy atom. The van der Waals surface area contributed by atoms with Crippen molar-refractivity contribution in [3.05, 3.63) is 36.5 Å². The van der Waals surface area contributed by atoms with Crippen LogP contribution in [0.1, 0.15) is 181 Å². The van der Waals surface area contributed by atoms with Crippen molar-refractivity contribution in [1.29, 1.82) is 0 Å². The van der Waals surface area contributed by atoms with Gasteiger partial charge < -0.3 is 65.1 Å². The maximum Gasteiger partial charge on any atom is 0.220 e. The van der Waals surface area contributed by atoms with E-state index in [1.165, 1.54) is 103 Å². The molecule has 0 bridgehead atoms. The third-order valence-electron chi connectivity index (χ3n) is 12.3. The Bertz CT molecular complexity index is 1220. The summed E-state index contributed by atoms with van der Waals surface area (Å²) >= 11 is 0. The molecule has 0 aromatic rings. The SMILES string of the molecule is CCCCCCCCCCCCC/C=C/CC/C=C/CC/C=C/C(O)C(COC1OC(CO)C(OC2OC(CO)C(O)C(O)C2O)C(O)C1O)NC(=O)CCCCCCCCCCC. The van der Waals surface area contributed by atoms with Crippen molar-refractivity contribution in [2.24, 2.45) is 0 Å². The molecular weight excluding hydrogens is 823 g/mol. The summed E-state index contributed by atoms with van der Waals surface area (Å²) in [7, 11) is 0. The highest BCUT2D eigenvalue weighted by Gasteiger charge is 2.51. The zero-order chi connectivity index (χ0) is 46.8. The Kier molecular flexibility index (Phi) is 33.9. The van der Waals surface area contributed by atoms with Gasteiger partial charge in [0.05, 0.1) is 32.0 Å². The van der Waals surface area contributed by atoms with Crippen molar-refractivity contribution < 1.29 is 64.6 Å². The molecule has 0 aromatic carbocycles. The predicted molar refractivity (Wildman–Crippen MR) is 249 cm³/mol. The van der Waals surface area contributed by atoms with E-state index in [-0.39, 0.29) is 18.9 Å². The molecule has 0 aromatic heterocycles. The average Bonchev–Trinajstić information content (AvgIpc) is 3.29. The van der Waals surface area contributed by atoms with Crippen molar-refractivity contribution in [3.63, 3.8) is 0 Å². The van der Waals surface area contributed by atoms with Gasteiger partial charge in [-0.15, -0.1) is 0 Å². The van der Waals surface area contributed by atoms with Crippen LogP contribution in [0, 0.1) is 0 Å². The highest BCUT2D eigenvalue weighted by atomic mass is 16.7. The van der Waals surface area contributed by atoms with Crippen molar-refractivity contribution in [2.45, 2.75) is 254 Å². The van der Waals surface area contributed by atoms with Crippen LogP contribution in [0.5, 0.6) is 0 Å². The van der Waals surface area contributed by atoms with E-state index >= 15 is 0 Å². The minimum atomic E-state index is -1.79. The number of carbonyl (C=O) groups excluding carboxylic acids is 1. The first-order valence-corrected chi connectivity index (χ1v) is 25.2. The van der Waals surface area contributed by atoms with Crippen molar-refractivity contribution >= 4 is 5.91 Å². The number of amides is 1. The number of hydrogen-bond donors (Lipinski definition) is 9. The van der Waals surface area contributed by atoms with Crippen molar-refractivity contribution in [3.8, 4) is 0 Å². The third-order valence-corrected chi connectivity index (χ3v) is 12.3. The van der Waals surface area contributed by atoms with Gasteiger partial charge in [-0.3, -0.25) is 4.79 Å². The van der Waals surface area contributed by atoms with E-state index in [1.54, 1.807) is 6.08 Å². The summed E-state index contributed by atoms with van der Waals surface area (Å²) in [6, 6.07) is -0.932. The normalized spacial score (nSPS) is 27.5. The molecule has 2 saturated heterocycles. The minimum absolute atomic E-state index is 0.258. The molecule has 374 valence electrons. The molecule has 0 aliphatic carbocycles. The number of nitrogens with one attached hydrogen (secondary N) is 1. The number of allylic oxidation sites excluding steroid dienone is 5. The van der Waals surface area contributed by atoms with E-state index in [4.69, 9.17) is 18.9 Å². The first-order valence-electron chi connectivity index (χ1n) is 25.2. The monoisotopic (exact) mass is 914 g/mol. The summed E-state index contributed by atoms with van der Waals surface area (Å²) in [4.78, 5) is 13.1. The van der Waals surface area contributed by atoms with Gasteiger partial charge in [-0.25, -0.2) is 0 Å². The molecule has 2 aliphatic rings. The quantitative estimate of drug-likeness (QED) is 0.0244. The fraction of sp³-hybridized carbons (Fsp3) is 0.860. The predicted octanol–water partition coefficient (Wildman–Crippen LogP) is 6.32. The number of unbranched alkanes of at least 4 members (excludes halogenated alkanes) is 21. The van der Waals surface area contributed by atoms with E-state index in [2.05, 4.69) is 43.5 Å². The lowest BCUT2D eigenvalue weighted by molar-refractivity contribution is -0.359. The Morgan fingerprint density at radius 2 is 1.00 bits per heavy atom. The molecule has 0 radical (unpaired) electrons. The highest BCUT2D eigenvalue weighted by Crippen LogP contribution is 2.30. The molecule has 2 heterocycles. The second kappa shape index (κ2) is 37.2. The van der Waals surface area contributed by atoms with Crippen LogP contribution in [0.15, 0.2) is 36.5 Å². The minimum Gasteiger partial charge on any atom is -0.394 e. The molecule has 1 amide bonds. The number of ether oxygens (including phenoxy) is 4. The van der Waals surface area contributed by atoms with E-state index in [0.29, 0.717) is 12.8 Å². The first kappa shape index (κ1) is 58.3. The van der Waals surface area contributed by atoms with Crippen molar-refractivity contribution in [1.82, 2.24) is 5.32 Å². The molecule has 14 heteroatoms. The fourth-order valence-corrected chi connectivity index (χ4v) is 8.14. The summed E-state index contributed by atoms with van der Waals surface area (Å²) in [5.41, 5.74) is 0. The second-order valence-electron chi connectivity index (χ2n) is 17.9. The molecule has 9 N–H and O–H groups in total. The Balaban J connectivity index is 1.84. The molecule has 0 spiro atoms. The average molecular weight is 914 g/mol. The topological polar surface area (TPSA) is 228 Å². The van der Waals surface area contributed by atoms with Gasteiger partial charge in [0, 0.05) is 6.42 Å². The maximum atomic E-state index is 13.1. The van der Waals surface area contributed by atoms with Gasteiger partial charge in [0.25, 0.3) is 0 Å². The molecule has 64 heavy (non-hydrogen) atoms. The molecule has 2 aliphatic heterocycles. The molecule has 2 rings (SSSR count). The maximum absolute atomic E-state index is 13.1.